The van der Waals surface area contributed by atoms with Gasteiger partial charge in [-0.2, -0.15) is 0 Å². The highest BCUT2D eigenvalue weighted by Gasteiger charge is 2.27. The molecule has 1 saturated heterocycles. The zero-order chi connectivity index (χ0) is 16.4. The maximum Gasteiger partial charge on any atom is 0.410 e. The molecule has 7 nitrogen and oxygen atoms in total. The van der Waals surface area contributed by atoms with Crippen molar-refractivity contribution < 1.29 is 28.8 Å². The first-order valence-electron chi connectivity index (χ1n) is 7.74. The van der Waals surface area contributed by atoms with Crippen LogP contribution in [0.2, 0.25) is 0 Å². The van der Waals surface area contributed by atoms with Crippen LogP contribution in [0.5, 0.6) is 0 Å². The Hall–Kier alpha value is -0.890. The topological polar surface area (TPSA) is 77.5 Å². The van der Waals surface area contributed by atoms with Crippen LogP contribution in [0.4, 0.5) is 4.79 Å². The zero-order valence-electron chi connectivity index (χ0n) is 13.9. The van der Waals surface area contributed by atoms with Gasteiger partial charge < -0.3 is 29.0 Å². The van der Waals surface area contributed by atoms with Gasteiger partial charge in [-0.3, -0.25) is 0 Å². The molecule has 0 unspecified atom stereocenters. The summed E-state index contributed by atoms with van der Waals surface area (Å²) in [6.45, 7) is 9.66. The first-order chi connectivity index (χ1) is 10.4. The molecule has 1 rings (SSSR count). The lowest BCUT2D eigenvalue weighted by Gasteiger charge is -2.33. The second-order valence-corrected chi connectivity index (χ2v) is 6.28. The Balaban J connectivity index is 2.26. The summed E-state index contributed by atoms with van der Waals surface area (Å²) in [4.78, 5) is 13.9. The molecule has 1 aliphatic heterocycles. The van der Waals surface area contributed by atoms with E-state index in [4.69, 9.17) is 24.1 Å². The fraction of sp³-hybridized carbons (Fsp3) is 0.933. The van der Waals surface area contributed by atoms with E-state index in [0.29, 0.717) is 58.6 Å². The predicted octanol–water partition coefficient (Wildman–Crippen LogP) is 0.895. The van der Waals surface area contributed by atoms with Crippen LogP contribution in [-0.2, 0) is 18.9 Å². The fourth-order valence-corrected chi connectivity index (χ4v) is 1.85. The van der Waals surface area contributed by atoms with Gasteiger partial charge in [0.1, 0.15) is 5.60 Å². The van der Waals surface area contributed by atoms with Crippen molar-refractivity contribution in [2.45, 2.75) is 26.4 Å². The first kappa shape index (κ1) is 19.2. The van der Waals surface area contributed by atoms with Crippen molar-refractivity contribution in [3.05, 3.63) is 0 Å². The number of aliphatic hydroxyl groups excluding tert-OH is 1. The quantitative estimate of drug-likeness (QED) is 0.603. The second kappa shape index (κ2) is 9.99. The molecule has 1 aliphatic rings. The molecule has 1 N–H and O–H groups in total. The molecule has 1 heterocycles. The molecule has 0 spiro atoms. The first-order valence-corrected chi connectivity index (χ1v) is 7.74. The second-order valence-electron chi connectivity index (χ2n) is 6.28. The summed E-state index contributed by atoms with van der Waals surface area (Å²) >= 11 is 0. The van der Waals surface area contributed by atoms with Crippen molar-refractivity contribution in [1.82, 2.24) is 4.90 Å². The molecule has 0 aromatic heterocycles. The van der Waals surface area contributed by atoms with Gasteiger partial charge in [0.2, 0.25) is 0 Å². The molecule has 0 aliphatic carbocycles. The molecule has 0 aromatic rings. The van der Waals surface area contributed by atoms with Gasteiger partial charge in [0, 0.05) is 19.0 Å². The Labute approximate surface area is 132 Å². The van der Waals surface area contributed by atoms with Crippen molar-refractivity contribution >= 4 is 6.09 Å². The molecule has 7 heteroatoms. The van der Waals surface area contributed by atoms with Crippen LogP contribution < -0.4 is 0 Å². The molecule has 0 bridgehead atoms. The number of hydrogen-bond donors (Lipinski definition) is 1. The maximum absolute atomic E-state index is 12.2. The van der Waals surface area contributed by atoms with E-state index >= 15 is 0 Å². The molecular weight excluding hydrogens is 290 g/mol. The van der Waals surface area contributed by atoms with Crippen molar-refractivity contribution in [3.63, 3.8) is 0 Å². The molecule has 0 atom stereocenters. The Morgan fingerprint density at radius 1 is 1.18 bits per heavy atom. The van der Waals surface area contributed by atoms with Crippen molar-refractivity contribution in [2.75, 3.05) is 59.3 Å². The summed E-state index contributed by atoms with van der Waals surface area (Å²) in [5.74, 6) is 0.375. The maximum atomic E-state index is 12.2. The van der Waals surface area contributed by atoms with Gasteiger partial charge in [-0.15, -0.1) is 0 Å². The van der Waals surface area contributed by atoms with Crippen molar-refractivity contribution in [1.29, 1.82) is 0 Å². The Morgan fingerprint density at radius 2 is 1.82 bits per heavy atom. The standard InChI is InChI=1S/C15H29NO6/c1-15(2,3)22-14(18)16(10-13-11-21-12-13)4-6-19-8-9-20-7-5-17/h13,17H,4-12H2,1-3H3. The van der Waals surface area contributed by atoms with E-state index in [1.54, 1.807) is 4.90 Å². The minimum absolute atomic E-state index is 0.00980. The summed E-state index contributed by atoms with van der Waals surface area (Å²) in [5.41, 5.74) is -0.509. The summed E-state index contributed by atoms with van der Waals surface area (Å²) in [6.07, 6.45) is -0.320. The van der Waals surface area contributed by atoms with Crippen LogP contribution in [0.25, 0.3) is 0 Å². The van der Waals surface area contributed by atoms with Crippen molar-refractivity contribution in [3.8, 4) is 0 Å². The predicted molar refractivity (Wildman–Crippen MR) is 80.8 cm³/mol. The highest BCUT2D eigenvalue weighted by atomic mass is 16.6. The lowest BCUT2D eigenvalue weighted by Crippen LogP contribution is -2.45. The number of amides is 1. The van der Waals surface area contributed by atoms with Crippen molar-refractivity contribution in [2.24, 2.45) is 5.92 Å². The number of ether oxygens (including phenoxy) is 4. The minimum atomic E-state index is -0.509. The molecule has 1 amide bonds. The average Bonchev–Trinajstić information content (AvgIpc) is 2.36. The van der Waals surface area contributed by atoms with E-state index in [9.17, 15) is 4.79 Å². The largest absolute Gasteiger partial charge is 0.444 e. The molecule has 0 aromatic carbocycles. The van der Waals surface area contributed by atoms with E-state index in [2.05, 4.69) is 0 Å². The van der Waals surface area contributed by atoms with E-state index in [1.165, 1.54) is 0 Å². The summed E-state index contributed by atoms with van der Waals surface area (Å²) < 4.78 is 21.1. The fourth-order valence-electron chi connectivity index (χ4n) is 1.85. The van der Waals surface area contributed by atoms with E-state index in [-0.39, 0.29) is 12.7 Å². The van der Waals surface area contributed by atoms with Gasteiger partial charge in [-0.05, 0) is 20.8 Å². The summed E-state index contributed by atoms with van der Waals surface area (Å²) in [6, 6.07) is 0. The minimum Gasteiger partial charge on any atom is -0.444 e. The molecular formula is C15H29NO6. The van der Waals surface area contributed by atoms with Gasteiger partial charge >= 0.3 is 6.09 Å². The van der Waals surface area contributed by atoms with Crippen LogP contribution in [0, 0.1) is 5.92 Å². The average molecular weight is 319 g/mol. The highest BCUT2D eigenvalue weighted by Crippen LogP contribution is 2.15. The van der Waals surface area contributed by atoms with Crippen LogP contribution in [0.3, 0.4) is 0 Å². The monoisotopic (exact) mass is 319 g/mol. The summed E-state index contributed by atoms with van der Waals surface area (Å²) in [7, 11) is 0. The molecule has 130 valence electrons. The highest BCUT2D eigenvalue weighted by molar-refractivity contribution is 5.68. The van der Waals surface area contributed by atoms with Gasteiger partial charge in [0.05, 0.1) is 46.2 Å². The third-order valence-corrected chi connectivity index (χ3v) is 2.95. The van der Waals surface area contributed by atoms with Gasteiger partial charge in [-0.1, -0.05) is 0 Å². The van der Waals surface area contributed by atoms with Gasteiger partial charge in [0.15, 0.2) is 0 Å². The van der Waals surface area contributed by atoms with Crippen LogP contribution >= 0.6 is 0 Å². The van der Waals surface area contributed by atoms with Gasteiger partial charge in [-0.25, -0.2) is 4.79 Å². The van der Waals surface area contributed by atoms with Crippen LogP contribution in [0.15, 0.2) is 0 Å². The smallest absolute Gasteiger partial charge is 0.410 e. The summed E-state index contributed by atoms with van der Waals surface area (Å²) in [5, 5.41) is 8.57. The molecule has 1 fully saturated rings. The molecule has 22 heavy (non-hydrogen) atoms. The lowest BCUT2D eigenvalue weighted by molar-refractivity contribution is -0.0535. The lowest BCUT2D eigenvalue weighted by atomic mass is 10.1. The zero-order valence-corrected chi connectivity index (χ0v) is 13.9. The Bertz CT molecular complexity index is 314. The van der Waals surface area contributed by atoms with E-state index < -0.39 is 5.60 Å². The number of rotatable bonds is 10. The van der Waals surface area contributed by atoms with Crippen LogP contribution in [0.1, 0.15) is 20.8 Å². The molecule has 0 radical (unpaired) electrons. The number of carbonyl (C=O) groups excluding carboxylic acids is 1. The normalized spacial score (nSPS) is 15.5. The third kappa shape index (κ3) is 8.53. The number of carbonyl (C=O) groups is 1. The van der Waals surface area contributed by atoms with Gasteiger partial charge in [0.25, 0.3) is 0 Å². The Kier molecular flexibility index (Phi) is 8.70. The van der Waals surface area contributed by atoms with E-state index in [0.717, 1.165) is 0 Å². The molecule has 0 saturated carbocycles. The van der Waals surface area contributed by atoms with E-state index in [1.807, 2.05) is 20.8 Å². The van der Waals surface area contributed by atoms with Crippen LogP contribution in [-0.4, -0.2) is 81.0 Å². The number of aliphatic hydroxyl groups is 1. The number of nitrogens with zero attached hydrogens (tertiary/aromatic N) is 1. The number of hydrogen-bond acceptors (Lipinski definition) is 6. The Morgan fingerprint density at radius 3 is 2.32 bits per heavy atom. The SMILES string of the molecule is CC(C)(C)OC(=O)N(CCOCCOCCO)CC1COC1. The third-order valence-electron chi connectivity index (χ3n) is 2.95.